The summed E-state index contributed by atoms with van der Waals surface area (Å²) in [5, 5.41) is 5.91. The third kappa shape index (κ3) is 10.8. The second kappa shape index (κ2) is 19.8. The first-order chi connectivity index (χ1) is 25.5. The van der Waals surface area contributed by atoms with Gasteiger partial charge in [-0.2, -0.15) is 0 Å². The highest BCUT2D eigenvalue weighted by Crippen LogP contribution is 2.34. The lowest BCUT2D eigenvalue weighted by molar-refractivity contribution is 0.0930. The number of rotatable bonds is 16. The monoisotopic (exact) mass is 794 g/mol. The minimum atomic E-state index is -3.48. The molecule has 2 fully saturated rings. The molecular formula is C38H62N6O8S2. The Hall–Kier alpha value is -3.60. The number of sulfone groups is 2. The highest BCUT2D eigenvalue weighted by atomic mass is 32.2. The van der Waals surface area contributed by atoms with E-state index in [-0.39, 0.29) is 44.2 Å². The number of nitrogens with zero attached hydrogens (tertiary/aromatic N) is 4. The van der Waals surface area contributed by atoms with E-state index >= 15 is 0 Å². The van der Waals surface area contributed by atoms with Crippen LogP contribution >= 0.6 is 0 Å². The molecule has 2 aromatic rings. The normalized spacial score (nSPS) is 17.7. The van der Waals surface area contributed by atoms with E-state index in [0.717, 1.165) is 51.9 Å². The van der Waals surface area contributed by atoms with Crippen molar-refractivity contribution in [2.24, 2.45) is 0 Å². The van der Waals surface area contributed by atoms with Gasteiger partial charge in [0.25, 0.3) is 11.8 Å². The average molecular weight is 795 g/mol. The summed E-state index contributed by atoms with van der Waals surface area (Å²) in [7, 11) is 3.06. The molecule has 2 amide bonds. The van der Waals surface area contributed by atoms with E-state index in [9.17, 15) is 26.4 Å². The summed E-state index contributed by atoms with van der Waals surface area (Å²) >= 11 is 0. The third-order valence-corrected chi connectivity index (χ3v) is 13.8. The number of carbonyl (C=O) groups excluding carboxylic acids is 2. The van der Waals surface area contributed by atoms with Gasteiger partial charge in [-0.3, -0.25) is 19.4 Å². The van der Waals surface area contributed by atoms with E-state index < -0.39 is 19.7 Å². The summed E-state index contributed by atoms with van der Waals surface area (Å²) in [6.45, 7) is 12.5. The Morgan fingerprint density at radius 3 is 1.30 bits per heavy atom. The number of benzene rings is 2. The van der Waals surface area contributed by atoms with Crippen LogP contribution in [0.15, 0.2) is 34.1 Å². The van der Waals surface area contributed by atoms with Crippen molar-refractivity contribution >= 4 is 42.9 Å². The highest BCUT2D eigenvalue weighted by molar-refractivity contribution is 7.91. The van der Waals surface area contributed by atoms with Crippen molar-refractivity contribution < 1.29 is 35.9 Å². The number of amides is 2. The summed E-state index contributed by atoms with van der Waals surface area (Å²) < 4.78 is 60.9. The Kier molecular flexibility index (Phi) is 16.4. The number of hydrogen-bond donors (Lipinski definition) is 2. The molecule has 54 heavy (non-hydrogen) atoms. The van der Waals surface area contributed by atoms with E-state index in [1.165, 1.54) is 26.4 Å². The molecule has 0 unspecified atom stereocenters. The van der Waals surface area contributed by atoms with E-state index in [2.05, 4.69) is 34.3 Å². The first-order valence-corrected chi connectivity index (χ1v) is 22.1. The third-order valence-electron chi connectivity index (χ3n) is 10.3. The number of likely N-dealkylation sites (tertiary alicyclic amines) is 2. The maximum Gasteiger partial charge on any atom is 0.255 e. The maximum atomic E-state index is 12.8. The zero-order valence-corrected chi connectivity index (χ0v) is 35.5. The van der Waals surface area contributed by atoms with Crippen molar-refractivity contribution in [1.82, 2.24) is 20.4 Å². The molecule has 0 aliphatic carbocycles. The van der Waals surface area contributed by atoms with Crippen LogP contribution in [0, 0.1) is 0 Å². The first kappa shape index (κ1) is 44.8. The van der Waals surface area contributed by atoms with Crippen molar-refractivity contribution in [3.63, 3.8) is 0 Å². The molecule has 2 aliphatic heterocycles. The van der Waals surface area contributed by atoms with E-state index in [1.54, 1.807) is 64.0 Å². The molecule has 0 spiro atoms. The molecule has 16 heteroatoms. The summed E-state index contributed by atoms with van der Waals surface area (Å²) in [6, 6.07) is 6.76. The summed E-state index contributed by atoms with van der Waals surface area (Å²) in [5.74, 6) is 0.0409. The smallest absolute Gasteiger partial charge is 0.255 e. The van der Waals surface area contributed by atoms with Crippen LogP contribution in [0.4, 0.5) is 11.4 Å². The molecule has 0 bridgehead atoms. The molecule has 2 N–H and O–H groups in total. The topological polar surface area (TPSA) is 158 Å². The van der Waals surface area contributed by atoms with Gasteiger partial charge in [-0.1, -0.05) is 27.7 Å². The molecule has 2 heterocycles. The predicted octanol–water partition coefficient (Wildman–Crippen LogP) is 3.54. The lowest BCUT2D eigenvalue weighted by Gasteiger charge is -2.23. The fourth-order valence-corrected chi connectivity index (χ4v) is 9.33. The van der Waals surface area contributed by atoms with Gasteiger partial charge in [0.2, 0.25) is 0 Å². The van der Waals surface area contributed by atoms with Crippen LogP contribution in [-0.4, -0.2) is 144 Å². The Morgan fingerprint density at radius 1 is 0.667 bits per heavy atom. The fraction of sp³-hybridized carbons (Fsp3) is 0.632. The Labute approximate surface area is 323 Å². The number of carbonyl (C=O) groups is 2. The molecule has 0 saturated carbocycles. The van der Waals surface area contributed by atoms with Gasteiger partial charge in [0.05, 0.1) is 58.0 Å². The second-order valence-electron chi connectivity index (χ2n) is 13.9. The standard InChI is InChI=1S/2C19H31N3O4S/c2*1-6-22-10-8-9-14(22)13-20-19(23)15-11-18(27(24,25)7-2)16(21(3)4)12-17(15)26-5/h2*11-12,14H,6-10,13H2,1-5H3,(H,20,23)/t2*14-/m10/s1. The van der Waals surface area contributed by atoms with Gasteiger partial charge in [-0.15, -0.1) is 0 Å². The lowest BCUT2D eigenvalue weighted by atomic mass is 10.1. The molecular weight excluding hydrogens is 733 g/mol. The van der Waals surface area contributed by atoms with Crippen molar-refractivity contribution in [3.05, 3.63) is 35.4 Å². The molecule has 304 valence electrons. The average Bonchev–Trinajstić information content (AvgIpc) is 3.83. The molecule has 0 radical (unpaired) electrons. The molecule has 14 nitrogen and oxygen atoms in total. The van der Waals surface area contributed by atoms with E-state index in [4.69, 9.17) is 9.47 Å². The van der Waals surface area contributed by atoms with Crippen LogP contribution in [-0.2, 0) is 19.7 Å². The quantitative estimate of drug-likeness (QED) is 0.255. The van der Waals surface area contributed by atoms with Crippen LogP contribution in [0.2, 0.25) is 0 Å². The van der Waals surface area contributed by atoms with Gasteiger partial charge in [0.1, 0.15) is 11.5 Å². The van der Waals surface area contributed by atoms with Gasteiger partial charge in [-0.25, -0.2) is 16.8 Å². The van der Waals surface area contributed by atoms with Gasteiger partial charge in [0.15, 0.2) is 19.7 Å². The SMILES string of the molecule is CCN1CCC[C@@H]1CNC(=O)c1cc(S(=O)(=O)CC)c(N(C)C)cc1OC.CCN1CCC[C@H]1CNC(=O)c1cc(S(=O)(=O)CC)c(N(C)C)cc1OC. The minimum absolute atomic E-state index is 0.0330. The van der Waals surface area contributed by atoms with Crippen LogP contribution in [0.3, 0.4) is 0 Å². The Bertz CT molecular complexity index is 1690. The largest absolute Gasteiger partial charge is 0.496 e. The van der Waals surface area contributed by atoms with Crippen LogP contribution in [0.5, 0.6) is 11.5 Å². The lowest BCUT2D eigenvalue weighted by Crippen LogP contribution is -2.40. The summed E-state index contributed by atoms with van der Waals surface area (Å²) in [5.41, 5.74) is 1.52. The molecule has 2 saturated heterocycles. The molecule has 0 aromatic heterocycles. The van der Waals surface area contributed by atoms with Crippen LogP contribution in [0.25, 0.3) is 0 Å². The zero-order valence-electron chi connectivity index (χ0n) is 33.8. The summed E-state index contributed by atoms with van der Waals surface area (Å²) in [4.78, 5) is 34.0. The number of nitrogens with one attached hydrogen (secondary N) is 2. The van der Waals surface area contributed by atoms with E-state index in [1.807, 2.05) is 0 Å². The molecule has 2 aliphatic rings. The number of likely N-dealkylation sites (N-methyl/N-ethyl adjacent to an activating group) is 2. The number of ether oxygens (including phenoxy) is 2. The predicted molar refractivity (Wildman–Crippen MR) is 215 cm³/mol. The minimum Gasteiger partial charge on any atom is -0.496 e. The Morgan fingerprint density at radius 2 is 1.02 bits per heavy atom. The maximum absolute atomic E-state index is 12.8. The van der Waals surface area contributed by atoms with Gasteiger partial charge in [-0.05, 0) is 64.0 Å². The van der Waals surface area contributed by atoms with Crippen molar-refractivity contribution in [3.8, 4) is 11.5 Å². The van der Waals surface area contributed by atoms with Gasteiger partial charge >= 0.3 is 0 Å². The van der Waals surface area contributed by atoms with Crippen molar-refractivity contribution in [2.45, 2.75) is 75.3 Å². The van der Waals surface area contributed by atoms with E-state index in [0.29, 0.717) is 48.0 Å². The van der Waals surface area contributed by atoms with Gasteiger partial charge in [0, 0.05) is 65.5 Å². The number of anilines is 2. The molecule has 4 rings (SSSR count). The van der Waals surface area contributed by atoms with Crippen molar-refractivity contribution in [1.29, 1.82) is 0 Å². The first-order valence-electron chi connectivity index (χ1n) is 18.8. The van der Waals surface area contributed by atoms with Crippen LogP contribution in [0.1, 0.15) is 74.1 Å². The van der Waals surface area contributed by atoms with Crippen LogP contribution < -0.4 is 29.9 Å². The number of methoxy groups -OCH3 is 2. The number of hydrogen-bond acceptors (Lipinski definition) is 12. The second-order valence-corrected chi connectivity index (χ2v) is 18.4. The van der Waals surface area contributed by atoms with Gasteiger partial charge < -0.3 is 29.9 Å². The molecule has 2 atom stereocenters. The fourth-order valence-electron chi connectivity index (χ4n) is 7.00. The Balaban J connectivity index is 0.000000290. The van der Waals surface area contributed by atoms with Crippen molar-refractivity contribution in [2.75, 3.05) is 103 Å². The molecule has 2 aromatic carbocycles. The zero-order chi connectivity index (χ0) is 40.4. The highest BCUT2D eigenvalue weighted by Gasteiger charge is 2.28. The summed E-state index contributed by atoms with van der Waals surface area (Å²) in [6.07, 6.45) is 4.38.